The Morgan fingerprint density at radius 1 is 1.17 bits per heavy atom. The summed E-state index contributed by atoms with van der Waals surface area (Å²) in [6.07, 6.45) is 0.794. The van der Waals surface area contributed by atoms with Crippen molar-refractivity contribution in [3.8, 4) is 0 Å². The molecular formula is C17H27N. The predicted molar refractivity (Wildman–Crippen MR) is 81.1 cm³/mol. The van der Waals surface area contributed by atoms with Crippen molar-refractivity contribution in [1.29, 1.82) is 0 Å². The second-order valence-corrected chi connectivity index (χ2v) is 5.94. The van der Waals surface area contributed by atoms with E-state index in [9.17, 15) is 0 Å². The van der Waals surface area contributed by atoms with Crippen LogP contribution in [0, 0.1) is 13.8 Å². The second-order valence-electron chi connectivity index (χ2n) is 5.94. The van der Waals surface area contributed by atoms with Crippen LogP contribution in [0.15, 0.2) is 18.3 Å². The number of hydrogen-bond donors (Lipinski definition) is 1. The van der Waals surface area contributed by atoms with Gasteiger partial charge in [-0.2, -0.15) is 0 Å². The molecule has 0 aliphatic rings. The molecule has 0 unspecified atom stereocenters. The zero-order chi connectivity index (χ0) is 14.0. The summed E-state index contributed by atoms with van der Waals surface area (Å²) in [5.41, 5.74) is 13.7. The fraction of sp³-hybridized carbons (Fsp3) is 0.529. The van der Waals surface area contributed by atoms with E-state index in [4.69, 9.17) is 5.73 Å². The lowest BCUT2D eigenvalue weighted by molar-refractivity contribution is 0.792. The fourth-order valence-corrected chi connectivity index (χ4v) is 2.74. The van der Waals surface area contributed by atoms with Gasteiger partial charge in [-0.25, -0.2) is 0 Å². The van der Waals surface area contributed by atoms with Crippen molar-refractivity contribution in [2.75, 3.05) is 0 Å². The van der Waals surface area contributed by atoms with Crippen LogP contribution in [0.2, 0.25) is 0 Å². The van der Waals surface area contributed by atoms with Gasteiger partial charge >= 0.3 is 0 Å². The highest BCUT2D eigenvalue weighted by atomic mass is 14.6. The summed E-state index contributed by atoms with van der Waals surface area (Å²) in [7, 11) is 0. The maximum absolute atomic E-state index is 5.86. The number of aryl methyl sites for hydroxylation is 1. The Kier molecular flexibility index (Phi) is 4.61. The molecule has 0 heterocycles. The Morgan fingerprint density at radius 2 is 1.72 bits per heavy atom. The molecule has 100 valence electrons. The average molecular weight is 245 g/mol. The molecule has 0 aromatic heterocycles. The highest BCUT2D eigenvalue weighted by Gasteiger charge is 2.18. The number of nitrogens with two attached hydrogens (primary N) is 1. The van der Waals surface area contributed by atoms with Gasteiger partial charge in [0.1, 0.15) is 0 Å². The van der Waals surface area contributed by atoms with Crippen molar-refractivity contribution in [2.45, 2.75) is 59.8 Å². The Balaban J connectivity index is 3.57. The van der Waals surface area contributed by atoms with Gasteiger partial charge < -0.3 is 5.73 Å². The lowest BCUT2D eigenvalue weighted by Gasteiger charge is -2.24. The molecule has 18 heavy (non-hydrogen) atoms. The Labute approximate surface area is 112 Å². The summed E-state index contributed by atoms with van der Waals surface area (Å²) in [6, 6.07) is 2.32. The molecule has 1 rings (SSSR count). The minimum atomic E-state index is 0.524. The lowest BCUT2D eigenvalue weighted by Crippen LogP contribution is -2.11. The summed E-state index contributed by atoms with van der Waals surface area (Å²) in [5, 5.41) is 0. The first-order valence-electron chi connectivity index (χ1n) is 6.81. The van der Waals surface area contributed by atoms with Crippen molar-refractivity contribution >= 4 is 0 Å². The van der Waals surface area contributed by atoms with E-state index in [2.05, 4.69) is 54.2 Å². The summed E-state index contributed by atoms with van der Waals surface area (Å²) in [5.74, 6) is 1.05. The molecule has 0 aliphatic carbocycles. The summed E-state index contributed by atoms with van der Waals surface area (Å²) < 4.78 is 0. The zero-order valence-corrected chi connectivity index (χ0v) is 12.7. The lowest BCUT2D eigenvalue weighted by atomic mass is 9.82. The van der Waals surface area contributed by atoms with Crippen molar-refractivity contribution < 1.29 is 0 Å². The highest BCUT2D eigenvalue weighted by molar-refractivity contribution is 5.49. The van der Waals surface area contributed by atoms with Crippen molar-refractivity contribution in [3.63, 3.8) is 0 Å². The monoisotopic (exact) mass is 245 g/mol. The van der Waals surface area contributed by atoms with Gasteiger partial charge in [-0.15, -0.1) is 0 Å². The highest BCUT2D eigenvalue weighted by Crippen LogP contribution is 2.33. The topological polar surface area (TPSA) is 26.0 Å². The number of allylic oxidation sites excluding steroid dienone is 1. The van der Waals surface area contributed by atoms with Crippen LogP contribution >= 0.6 is 0 Å². The van der Waals surface area contributed by atoms with Gasteiger partial charge in [-0.3, -0.25) is 0 Å². The molecule has 0 spiro atoms. The van der Waals surface area contributed by atoms with Crippen LogP contribution in [0.25, 0.3) is 0 Å². The van der Waals surface area contributed by atoms with Gasteiger partial charge in [0.15, 0.2) is 0 Å². The standard InChI is InChI=1S/C17H27N/c1-10(2)15-8-12(5)14(7)17(11(3)4)16(15)9-13(6)18/h8,10-11H,6,9,18H2,1-5,7H3. The van der Waals surface area contributed by atoms with Crippen LogP contribution in [0.5, 0.6) is 0 Å². The Hall–Kier alpha value is -1.24. The molecule has 1 aromatic rings. The van der Waals surface area contributed by atoms with E-state index >= 15 is 0 Å². The first kappa shape index (κ1) is 14.8. The molecular weight excluding hydrogens is 218 g/mol. The molecule has 1 nitrogen and oxygen atoms in total. The molecule has 0 aliphatic heterocycles. The maximum Gasteiger partial charge on any atom is 0.0121 e. The van der Waals surface area contributed by atoms with Gasteiger partial charge in [0.05, 0.1) is 0 Å². The summed E-state index contributed by atoms with van der Waals surface area (Å²) >= 11 is 0. The molecule has 0 saturated heterocycles. The molecule has 0 radical (unpaired) electrons. The van der Waals surface area contributed by atoms with E-state index in [1.165, 1.54) is 27.8 Å². The Morgan fingerprint density at radius 3 is 2.11 bits per heavy atom. The fourth-order valence-electron chi connectivity index (χ4n) is 2.74. The first-order valence-corrected chi connectivity index (χ1v) is 6.81. The van der Waals surface area contributed by atoms with Gasteiger partial charge in [-0.1, -0.05) is 40.3 Å². The molecule has 0 amide bonds. The third-order valence-electron chi connectivity index (χ3n) is 3.64. The van der Waals surface area contributed by atoms with Gasteiger partial charge in [0, 0.05) is 12.1 Å². The zero-order valence-electron chi connectivity index (χ0n) is 12.7. The van der Waals surface area contributed by atoms with Crippen molar-refractivity contribution in [2.24, 2.45) is 5.73 Å². The molecule has 0 saturated carbocycles. The van der Waals surface area contributed by atoms with Crippen LogP contribution in [0.1, 0.15) is 67.3 Å². The van der Waals surface area contributed by atoms with E-state index < -0.39 is 0 Å². The molecule has 0 fully saturated rings. The number of benzene rings is 1. The van der Waals surface area contributed by atoms with E-state index in [0.29, 0.717) is 11.8 Å². The van der Waals surface area contributed by atoms with E-state index in [0.717, 1.165) is 12.1 Å². The average Bonchev–Trinajstić information content (AvgIpc) is 2.21. The van der Waals surface area contributed by atoms with Crippen LogP contribution in [0.4, 0.5) is 0 Å². The van der Waals surface area contributed by atoms with E-state index in [1.54, 1.807) is 0 Å². The molecule has 2 N–H and O–H groups in total. The SMILES string of the molecule is C=C(N)Cc1c(C(C)C)cc(C)c(C)c1C(C)C. The molecule has 0 atom stereocenters. The third-order valence-corrected chi connectivity index (χ3v) is 3.64. The normalized spacial score (nSPS) is 11.3. The van der Waals surface area contributed by atoms with Crippen LogP contribution in [-0.4, -0.2) is 0 Å². The summed E-state index contributed by atoms with van der Waals surface area (Å²) in [4.78, 5) is 0. The predicted octanol–water partition coefficient (Wildman–Crippen LogP) is 4.57. The van der Waals surface area contributed by atoms with Crippen LogP contribution in [0.3, 0.4) is 0 Å². The van der Waals surface area contributed by atoms with E-state index in [1.807, 2.05) is 0 Å². The van der Waals surface area contributed by atoms with Crippen LogP contribution < -0.4 is 5.73 Å². The summed E-state index contributed by atoms with van der Waals surface area (Å²) in [6.45, 7) is 17.3. The third kappa shape index (κ3) is 2.95. The van der Waals surface area contributed by atoms with E-state index in [-0.39, 0.29) is 0 Å². The van der Waals surface area contributed by atoms with Gasteiger partial charge in [0.25, 0.3) is 0 Å². The smallest absolute Gasteiger partial charge is 0.0121 e. The van der Waals surface area contributed by atoms with Gasteiger partial charge in [-0.05, 0) is 53.5 Å². The quantitative estimate of drug-likeness (QED) is 0.826. The molecule has 1 aromatic carbocycles. The Bertz CT molecular complexity index is 453. The maximum atomic E-state index is 5.86. The molecule has 0 bridgehead atoms. The number of rotatable bonds is 4. The minimum absolute atomic E-state index is 0.524. The van der Waals surface area contributed by atoms with Crippen molar-refractivity contribution in [1.82, 2.24) is 0 Å². The molecule has 1 heteroatoms. The van der Waals surface area contributed by atoms with Crippen molar-refractivity contribution in [3.05, 3.63) is 46.2 Å². The number of hydrogen-bond acceptors (Lipinski definition) is 1. The van der Waals surface area contributed by atoms with Crippen LogP contribution in [-0.2, 0) is 6.42 Å². The first-order chi connectivity index (χ1) is 8.25. The largest absolute Gasteiger partial charge is 0.402 e. The second kappa shape index (κ2) is 5.60. The minimum Gasteiger partial charge on any atom is -0.402 e. The van der Waals surface area contributed by atoms with Gasteiger partial charge in [0.2, 0.25) is 0 Å².